The van der Waals surface area contributed by atoms with Gasteiger partial charge in [-0.2, -0.15) is 0 Å². The summed E-state index contributed by atoms with van der Waals surface area (Å²) >= 11 is 0. The highest BCUT2D eigenvalue weighted by Gasteiger charge is 2.08. The number of benzene rings is 2. The quantitative estimate of drug-likeness (QED) is 0.630. The van der Waals surface area contributed by atoms with Crippen LogP contribution in [0, 0.1) is 5.82 Å². The highest BCUT2D eigenvalue weighted by atomic mass is 19.1. The van der Waals surface area contributed by atoms with Crippen molar-refractivity contribution in [2.75, 3.05) is 0 Å². The van der Waals surface area contributed by atoms with Crippen LogP contribution in [0.2, 0.25) is 0 Å². The minimum atomic E-state index is -0.561. The smallest absolute Gasteiger partial charge is 0.326 e. The number of halogens is 1. The van der Waals surface area contributed by atoms with Gasteiger partial charge in [0, 0.05) is 6.54 Å². The topological polar surface area (TPSA) is 70.0 Å². The predicted molar refractivity (Wildman–Crippen MR) is 86.6 cm³/mol. The van der Waals surface area contributed by atoms with Gasteiger partial charge in [0.15, 0.2) is 0 Å². The lowest BCUT2D eigenvalue weighted by Crippen LogP contribution is -2.24. The van der Waals surface area contributed by atoms with Crippen molar-refractivity contribution in [2.45, 2.75) is 26.2 Å². The summed E-state index contributed by atoms with van der Waals surface area (Å²) in [6.45, 7) is 2.60. The first-order valence-electron chi connectivity index (χ1n) is 7.40. The van der Waals surface area contributed by atoms with Gasteiger partial charge in [0.2, 0.25) is 0 Å². The van der Waals surface area contributed by atoms with E-state index in [1.54, 1.807) is 13.0 Å². The Kier molecular flexibility index (Phi) is 4.27. The molecule has 1 aromatic heterocycles. The molecule has 3 aromatic rings. The fraction of sp³-hybridized carbons (Fsp3) is 0.235. The van der Waals surface area contributed by atoms with E-state index in [0.29, 0.717) is 24.1 Å². The Hall–Kier alpha value is -2.44. The van der Waals surface area contributed by atoms with Gasteiger partial charge in [0.05, 0.1) is 17.6 Å². The number of hydrogen-bond donors (Lipinski definition) is 3. The van der Waals surface area contributed by atoms with Crippen LogP contribution in [0.5, 0.6) is 0 Å². The molecule has 0 fully saturated rings. The van der Waals surface area contributed by atoms with Crippen LogP contribution in [0.15, 0.2) is 47.3 Å². The molecule has 0 aliphatic carbocycles. The summed E-state index contributed by atoms with van der Waals surface area (Å²) in [5.74, 6) is -0.371. The van der Waals surface area contributed by atoms with Gasteiger partial charge >= 0.3 is 5.69 Å². The van der Waals surface area contributed by atoms with Crippen LogP contribution in [-0.2, 0) is 13.1 Å². The van der Waals surface area contributed by atoms with E-state index in [0.717, 1.165) is 11.1 Å². The summed E-state index contributed by atoms with van der Waals surface area (Å²) < 4.78 is 14.9. The third kappa shape index (κ3) is 3.49. The lowest BCUT2D eigenvalue weighted by atomic mass is 10.1. The maximum absolute atomic E-state index is 13.4. The largest absolute Gasteiger partial charge is 0.379 e. The standard InChI is InChI=1S/C17H18FN3O2/c1-11(22)19-9-12-2-4-13(5-3-12)10-21-16-8-14(18)6-7-15(16)20-17(21)23/h2-8,11,19,22H,9-10H2,1H3,(H,20,23). The molecule has 2 aromatic carbocycles. The highest BCUT2D eigenvalue weighted by molar-refractivity contribution is 5.75. The third-order valence-corrected chi connectivity index (χ3v) is 3.70. The lowest BCUT2D eigenvalue weighted by Gasteiger charge is -2.08. The van der Waals surface area contributed by atoms with Crippen LogP contribution in [0.4, 0.5) is 4.39 Å². The molecule has 23 heavy (non-hydrogen) atoms. The van der Waals surface area contributed by atoms with Crippen molar-refractivity contribution in [3.63, 3.8) is 0 Å². The Balaban J connectivity index is 1.83. The van der Waals surface area contributed by atoms with E-state index >= 15 is 0 Å². The molecule has 0 aliphatic rings. The number of aliphatic hydroxyl groups is 1. The van der Waals surface area contributed by atoms with Crippen molar-refractivity contribution in [2.24, 2.45) is 0 Å². The first kappa shape index (κ1) is 15.5. The maximum atomic E-state index is 13.4. The number of aliphatic hydroxyl groups excluding tert-OH is 1. The molecule has 0 amide bonds. The van der Waals surface area contributed by atoms with Crippen LogP contribution in [0.3, 0.4) is 0 Å². The second-order valence-corrected chi connectivity index (χ2v) is 5.55. The second kappa shape index (κ2) is 6.36. The average Bonchev–Trinajstić information content (AvgIpc) is 2.82. The van der Waals surface area contributed by atoms with E-state index in [1.807, 2.05) is 24.3 Å². The summed E-state index contributed by atoms with van der Waals surface area (Å²) in [7, 11) is 0. The molecule has 0 saturated carbocycles. The number of rotatable bonds is 5. The number of aromatic nitrogens is 2. The van der Waals surface area contributed by atoms with Gasteiger partial charge in [-0.25, -0.2) is 9.18 Å². The zero-order valence-corrected chi connectivity index (χ0v) is 12.7. The third-order valence-electron chi connectivity index (χ3n) is 3.70. The second-order valence-electron chi connectivity index (χ2n) is 5.55. The highest BCUT2D eigenvalue weighted by Crippen LogP contribution is 2.14. The number of H-pyrrole nitrogens is 1. The number of aromatic amines is 1. The zero-order valence-electron chi connectivity index (χ0n) is 12.7. The Labute approximate surface area is 132 Å². The molecular weight excluding hydrogens is 297 g/mol. The van der Waals surface area contributed by atoms with Crippen molar-refractivity contribution >= 4 is 11.0 Å². The van der Waals surface area contributed by atoms with E-state index < -0.39 is 6.23 Å². The number of fused-ring (bicyclic) bond motifs is 1. The van der Waals surface area contributed by atoms with E-state index in [4.69, 9.17) is 0 Å². The number of imidazole rings is 1. The normalized spacial score (nSPS) is 12.7. The molecule has 0 aliphatic heterocycles. The first-order valence-corrected chi connectivity index (χ1v) is 7.40. The van der Waals surface area contributed by atoms with Crippen LogP contribution in [0.25, 0.3) is 11.0 Å². The van der Waals surface area contributed by atoms with Gasteiger partial charge in [0.25, 0.3) is 0 Å². The molecule has 0 bridgehead atoms. The molecule has 0 saturated heterocycles. The molecule has 3 N–H and O–H groups in total. The fourth-order valence-corrected chi connectivity index (χ4v) is 2.49. The van der Waals surface area contributed by atoms with Crippen LogP contribution < -0.4 is 11.0 Å². The SMILES string of the molecule is CC(O)NCc1ccc(Cn2c(=O)[nH]c3ccc(F)cc32)cc1. The Morgan fingerprint density at radius 1 is 1.22 bits per heavy atom. The molecule has 5 nitrogen and oxygen atoms in total. The number of hydrogen-bond acceptors (Lipinski definition) is 3. The summed E-state index contributed by atoms with van der Waals surface area (Å²) in [5, 5.41) is 12.1. The van der Waals surface area contributed by atoms with E-state index in [-0.39, 0.29) is 11.5 Å². The van der Waals surface area contributed by atoms with Gasteiger partial charge < -0.3 is 10.1 Å². The summed E-state index contributed by atoms with van der Waals surface area (Å²) in [5.41, 5.74) is 2.89. The van der Waals surface area contributed by atoms with E-state index in [9.17, 15) is 14.3 Å². The van der Waals surface area contributed by atoms with Gasteiger partial charge in [-0.3, -0.25) is 9.88 Å². The minimum Gasteiger partial charge on any atom is -0.379 e. The Bertz CT molecular complexity index is 866. The van der Waals surface area contributed by atoms with Gasteiger partial charge in [0.1, 0.15) is 12.0 Å². The van der Waals surface area contributed by atoms with Crippen molar-refractivity contribution in [1.29, 1.82) is 0 Å². The molecule has 1 heterocycles. The molecule has 120 valence electrons. The zero-order chi connectivity index (χ0) is 16.4. The number of nitrogens with one attached hydrogen (secondary N) is 2. The lowest BCUT2D eigenvalue weighted by molar-refractivity contribution is 0.155. The van der Waals surface area contributed by atoms with Crippen molar-refractivity contribution < 1.29 is 9.50 Å². The van der Waals surface area contributed by atoms with Crippen LogP contribution in [-0.4, -0.2) is 20.9 Å². The van der Waals surface area contributed by atoms with E-state index in [2.05, 4.69) is 10.3 Å². The Morgan fingerprint density at radius 2 is 1.91 bits per heavy atom. The summed E-state index contributed by atoms with van der Waals surface area (Å²) in [6, 6.07) is 12.0. The monoisotopic (exact) mass is 315 g/mol. The average molecular weight is 315 g/mol. The Morgan fingerprint density at radius 3 is 2.61 bits per heavy atom. The van der Waals surface area contributed by atoms with E-state index in [1.165, 1.54) is 16.7 Å². The maximum Gasteiger partial charge on any atom is 0.326 e. The van der Waals surface area contributed by atoms with Crippen LogP contribution in [0.1, 0.15) is 18.1 Å². The molecule has 6 heteroatoms. The van der Waals surface area contributed by atoms with Gasteiger partial charge in [-0.15, -0.1) is 0 Å². The fourth-order valence-electron chi connectivity index (χ4n) is 2.49. The van der Waals surface area contributed by atoms with Crippen molar-refractivity contribution in [3.8, 4) is 0 Å². The molecule has 1 atom stereocenters. The van der Waals surface area contributed by atoms with Crippen molar-refractivity contribution in [1.82, 2.24) is 14.9 Å². The molecular formula is C17H18FN3O2. The molecule has 3 rings (SSSR count). The summed E-state index contributed by atoms with van der Waals surface area (Å²) in [4.78, 5) is 14.8. The first-order chi connectivity index (χ1) is 11.0. The van der Waals surface area contributed by atoms with Gasteiger partial charge in [-0.1, -0.05) is 24.3 Å². The molecule has 0 radical (unpaired) electrons. The minimum absolute atomic E-state index is 0.259. The molecule has 1 unspecified atom stereocenters. The summed E-state index contributed by atoms with van der Waals surface area (Å²) in [6.07, 6.45) is -0.561. The predicted octanol–water partition coefficient (Wildman–Crippen LogP) is 1.94. The molecule has 0 spiro atoms. The van der Waals surface area contributed by atoms with Gasteiger partial charge in [-0.05, 0) is 36.2 Å². The van der Waals surface area contributed by atoms with Crippen LogP contribution >= 0.6 is 0 Å². The van der Waals surface area contributed by atoms with Crippen molar-refractivity contribution in [3.05, 3.63) is 69.9 Å². The number of nitrogens with zero attached hydrogens (tertiary/aromatic N) is 1.